The van der Waals surface area contributed by atoms with Crippen LogP contribution in [0, 0.1) is 13.8 Å². The molecule has 0 saturated heterocycles. The summed E-state index contributed by atoms with van der Waals surface area (Å²) in [5, 5.41) is 6.44. The lowest BCUT2D eigenvalue weighted by molar-refractivity contribution is -0.117. The van der Waals surface area contributed by atoms with Crippen LogP contribution in [-0.4, -0.2) is 59.5 Å². The third kappa shape index (κ3) is 5.92. The maximum Gasteiger partial charge on any atom is 0.254 e. The fraction of sp³-hybridized carbons (Fsp3) is 0.450. The van der Waals surface area contributed by atoms with Crippen LogP contribution in [0.25, 0.3) is 0 Å². The van der Waals surface area contributed by atoms with Crippen molar-refractivity contribution >= 4 is 17.6 Å². The van der Waals surface area contributed by atoms with Gasteiger partial charge < -0.3 is 19.6 Å². The second kappa shape index (κ2) is 9.87. The van der Waals surface area contributed by atoms with Crippen molar-refractivity contribution in [3.8, 4) is 0 Å². The summed E-state index contributed by atoms with van der Waals surface area (Å²) in [4.78, 5) is 29.3. The van der Waals surface area contributed by atoms with Crippen LogP contribution in [0.5, 0.6) is 0 Å². The SMILES string of the molecule is CCN(CC)CCN(CC(=O)Nc1cc(C)on1)C(=O)c1ccccc1C. The fourth-order valence-electron chi connectivity index (χ4n) is 2.82. The molecule has 7 heteroatoms. The van der Waals surface area contributed by atoms with Gasteiger partial charge in [-0.3, -0.25) is 9.59 Å². The maximum absolute atomic E-state index is 13.0. The number of hydrogen-bond acceptors (Lipinski definition) is 5. The van der Waals surface area contributed by atoms with Crippen LogP contribution in [0.1, 0.15) is 35.5 Å². The predicted molar refractivity (Wildman–Crippen MR) is 105 cm³/mol. The van der Waals surface area contributed by atoms with E-state index in [0.717, 1.165) is 18.7 Å². The van der Waals surface area contributed by atoms with Gasteiger partial charge in [0, 0.05) is 24.7 Å². The Morgan fingerprint density at radius 3 is 2.41 bits per heavy atom. The molecule has 2 rings (SSSR count). The van der Waals surface area contributed by atoms with E-state index in [4.69, 9.17) is 4.52 Å². The Morgan fingerprint density at radius 2 is 1.81 bits per heavy atom. The molecule has 2 aromatic rings. The molecule has 0 unspecified atom stereocenters. The highest BCUT2D eigenvalue weighted by molar-refractivity contribution is 5.99. The molecule has 0 bridgehead atoms. The van der Waals surface area contributed by atoms with Crippen molar-refractivity contribution in [2.75, 3.05) is 38.0 Å². The molecule has 0 aliphatic rings. The number of anilines is 1. The normalized spacial score (nSPS) is 10.9. The molecule has 1 N–H and O–H groups in total. The lowest BCUT2D eigenvalue weighted by Gasteiger charge is -2.26. The first-order valence-electron chi connectivity index (χ1n) is 9.25. The van der Waals surface area contributed by atoms with Gasteiger partial charge >= 0.3 is 0 Å². The number of benzene rings is 1. The summed E-state index contributed by atoms with van der Waals surface area (Å²) < 4.78 is 4.96. The molecule has 0 radical (unpaired) electrons. The number of amides is 2. The number of aromatic nitrogens is 1. The second-order valence-corrected chi connectivity index (χ2v) is 6.44. The maximum atomic E-state index is 13.0. The van der Waals surface area contributed by atoms with Gasteiger partial charge in [-0.1, -0.05) is 37.2 Å². The Kier molecular flexibility index (Phi) is 7.55. The number of carbonyl (C=O) groups excluding carboxylic acids is 2. The van der Waals surface area contributed by atoms with Crippen LogP contribution >= 0.6 is 0 Å². The molecule has 0 saturated carbocycles. The zero-order valence-electron chi connectivity index (χ0n) is 16.5. The van der Waals surface area contributed by atoms with E-state index in [1.54, 1.807) is 24.0 Å². The van der Waals surface area contributed by atoms with E-state index in [-0.39, 0.29) is 18.4 Å². The van der Waals surface area contributed by atoms with Crippen molar-refractivity contribution < 1.29 is 14.1 Å². The molecule has 2 amide bonds. The van der Waals surface area contributed by atoms with Crippen LogP contribution < -0.4 is 5.32 Å². The van der Waals surface area contributed by atoms with E-state index in [2.05, 4.69) is 29.2 Å². The summed E-state index contributed by atoms with van der Waals surface area (Å²) in [6.07, 6.45) is 0. The van der Waals surface area contributed by atoms with Crippen LogP contribution in [-0.2, 0) is 4.79 Å². The van der Waals surface area contributed by atoms with Gasteiger partial charge in [-0.2, -0.15) is 0 Å². The van der Waals surface area contributed by atoms with Gasteiger partial charge in [-0.15, -0.1) is 0 Å². The summed E-state index contributed by atoms with van der Waals surface area (Å²) in [6, 6.07) is 9.06. The first-order chi connectivity index (χ1) is 12.9. The Bertz CT molecular complexity index is 768. The van der Waals surface area contributed by atoms with Crippen molar-refractivity contribution in [3.05, 3.63) is 47.2 Å². The summed E-state index contributed by atoms with van der Waals surface area (Å²) in [5.41, 5.74) is 1.50. The molecule has 0 aliphatic carbocycles. The minimum absolute atomic E-state index is 0.0413. The minimum atomic E-state index is -0.301. The third-order valence-electron chi connectivity index (χ3n) is 4.47. The number of likely N-dealkylation sites (N-methyl/N-ethyl adjacent to an activating group) is 1. The van der Waals surface area contributed by atoms with E-state index in [0.29, 0.717) is 30.2 Å². The van der Waals surface area contributed by atoms with Crippen molar-refractivity contribution in [1.82, 2.24) is 15.0 Å². The molecule has 0 fully saturated rings. The lowest BCUT2D eigenvalue weighted by Crippen LogP contribution is -2.43. The van der Waals surface area contributed by atoms with Crippen LogP contribution in [0.2, 0.25) is 0 Å². The smallest absolute Gasteiger partial charge is 0.254 e. The quantitative estimate of drug-likeness (QED) is 0.732. The highest BCUT2D eigenvalue weighted by atomic mass is 16.5. The van der Waals surface area contributed by atoms with Crippen molar-refractivity contribution in [2.24, 2.45) is 0 Å². The van der Waals surface area contributed by atoms with E-state index in [1.165, 1.54) is 0 Å². The molecule has 7 nitrogen and oxygen atoms in total. The highest BCUT2D eigenvalue weighted by Gasteiger charge is 2.21. The number of hydrogen-bond donors (Lipinski definition) is 1. The van der Waals surface area contributed by atoms with Crippen molar-refractivity contribution in [1.29, 1.82) is 0 Å². The highest BCUT2D eigenvalue weighted by Crippen LogP contribution is 2.12. The zero-order valence-corrected chi connectivity index (χ0v) is 16.5. The fourth-order valence-corrected chi connectivity index (χ4v) is 2.82. The number of nitrogens with one attached hydrogen (secondary N) is 1. The number of carbonyl (C=O) groups is 2. The number of aryl methyl sites for hydroxylation is 2. The number of rotatable bonds is 9. The first-order valence-corrected chi connectivity index (χ1v) is 9.25. The largest absolute Gasteiger partial charge is 0.360 e. The third-order valence-corrected chi connectivity index (χ3v) is 4.47. The topological polar surface area (TPSA) is 78.7 Å². The van der Waals surface area contributed by atoms with Gasteiger partial charge in [0.15, 0.2) is 5.82 Å². The van der Waals surface area contributed by atoms with E-state index >= 15 is 0 Å². The number of nitrogens with zero attached hydrogens (tertiary/aromatic N) is 3. The standard InChI is InChI=1S/C20H28N4O3/c1-5-23(6-2)11-12-24(20(26)17-10-8-7-9-15(17)3)14-19(25)21-18-13-16(4)27-22-18/h7-10,13H,5-6,11-12,14H2,1-4H3,(H,21,22,25). The van der Waals surface area contributed by atoms with E-state index in [9.17, 15) is 9.59 Å². The van der Waals surface area contributed by atoms with E-state index < -0.39 is 0 Å². The molecule has 1 heterocycles. The van der Waals surface area contributed by atoms with Gasteiger partial charge in [0.25, 0.3) is 5.91 Å². The van der Waals surface area contributed by atoms with Crippen LogP contribution in [0.4, 0.5) is 5.82 Å². The average Bonchev–Trinajstić information content (AvgIpc) is 3.06. The van der Waals surface area contributed by atoms with Gasteiger partial charge in [0.05, 0.1) is 0 Å². The Balaban J connectivity index is 2.11. The van der Waals surface area contributed by atoms with Gasteiger partial charge in [-0.25, -0.2) is 0 Å². The minimum Gasteiger partial charge on any atom is -0.360 e. The summed E-state index contributed by atoms with van der Waals surface area (Å²) in [5.74, 6) is 0.515. The predicted octanol–water partition coefficient (Wildman–Crippen LogP) is 2.71. The van der Waals surface area contributed by atoms with Gasteiger partial charge in [0.1, 0.15) is 12.3 Å². The average molecular weight is 372 g/mol. The Hall–Kier alpha value is -2.67. The van der Waals surface area contributed by atoms with Gasteiger partial charge in [-0.05, 0) is 38.6 Å². The van der Waals surface area contributed by atoms with Gasteiger partial charge in [0.2, 0.25) is 5.91 Å². The summed E-state index contributed by atoms with van der Waals surface area (Å²) >= 11 is 0. The molecule has 146 valence electrons. The Labute approximate surface area is 160 Å². The molecule has 1 aromatic heterocycles. The van der Waals surface area contributed by atoms with Crippen molar-refractivity contribution in [2.45, 2.75) is 27.7 Å². The van der Waals surface area contributed by atoms with Crippen molar-refractivity contribution in [3.63, 3.8) is 0 Å². The van der Waals surface area contributed by atoms with Crippen LogP contribution in [0.3, 0.4) is 0 Å². The molecule has 0 atom stereocenters. The summed E-state index contributed by atoms with van der Waals surface area (Å²) in [7, 11) is 0. The molecular weight excluding hydrogens is 344 g/mol. The molecule has 27 heavy (non-hydrogen) atoms. The molecule has 0 spiro atoms. The monoisotopic (exact) mass is 372 g/mol. The lowest BCUT2D eigenvalue weighted by atomic mass is 10.1. The zero-order chi connectivity index (χ0) is 19.8. The second-order valence-electron chi connectivity index (χ2n) is 6.44. The van der Waals surface area contributed by atoms with E-state index in [1.807, 2.05) is 25.1 Å². The molecule has 0 aliphatic heterocycles. The summed E-state index contributed by atoms with van der Waals surface area (Å²) in [6.45, 7) is 10.7. The molecular formula is C20H28N4O3. The Morgan fingerprint density at radius 1 is 1.11 bits per heavy atom. The first kappa shape index (κ1) is 20.6. The molecule has 1 aromatic carbocycles. The van der Waals surface area contributed by atoms with Crippen LogP contribution in [0.15, 0.2) is 34.9 Å².